The minimum atomic E-state index is -0.606. The number of nitrogens with one attached hydrogen (secondary N) is 1. The van der Waals surface area contributed by atoms with Crippen LogP contribution in [0.25, 0.3) is 0 Å². The summed E-state index contributed by atoms with van der Waals surface area (Å²) < 4.78 is 5.22. The highest BCUT2D eigenvalue weighted by molar-refractivity contribution is 5.80. The first-order chi connectivity index (χ1) is 9.84. The number of likely N-dealkylation sites (N-methyl/N-ethyl adjacent to an activating group) is 1. The third-order valence-corrected chi connectivity index (χ3v) is 5.24. The van der Waals surface area contributed by atoms with Crippen LogP contribution in [-0.2, 0) is 9.53 Å². The van der Waals surface area contributed by atoms with Crippen LogP contribution in [0.5, 0.6) is 0 Å². The first-order valence-electron chi connectivity index (χ1n) is 8.42. The molecule has 0 heterocycles. The molecule has 1 rings (SSSR count). The smallest absolute Gasteiger partial charge is 0.326 e. The summed E-state index contributed by atoms with van der Waals surface area (Å²) in [6.45, 7) is 8.79. The van der Waals surface area contributed by atoms with Crippen molar-refractivity contribution in [3.05, 3.63) is 0 Å². The van der Waals surface area contributed by atoms with Gasteiger partial charge in [0.05, 0.1) is 6.61 Å². The molecule has 2 unspecified atom stereocenters. The van der Waals surface area contributed by atoms with Crippen LogP contribution in [0.4, 0.5) is 0 Å². The average molecular weight is 298 g/mol. The highest BCUT2D eigenvalue weighted by Gasteiger charge is 2.36. The molecule has 0 aromatic heterocycles. The van der Waals surface area contributed by atoms with Crippen molar-refractivity contribution >= 4 is 5.97 Å². The molecule has 1 aliphatic rings. The Morgan fingerprint density at radius 1 is 1.38 bits per heavy atom. The lowest BCUT2D eigenvalue weighted by molar-refractivity contribution is -0.151. The van der Waals surface area contributed by atoms with E-state index in [9.17, 15) is 4.79 Å². The van der Waals surface area contributed by atoms with Gasteiger partial charge in [-0.25, -0.2) is 0 Å². The minimum Gasteiger partial charge on any atom is -0.465 e. The second-order valence-corrected chi connectivity index (χ2v) is 6.93. The minimum absolute atomic E-state index is 0.148. The summed E-state index contributed by atoms with van der Waals surface area (Å²) in [5.74, 6) is 0.720. The summed E-state index contributed by atoms with van der Waals surface area (Å²) in [5.41, 5.74) is -0.606. The molecular formula is C17H34N2O2. The van der Waals surface area contributed by atoms with Crippen LogP contribution >= 0.6 is 0 Å². The lowest BCUT2D eigenvalue weighted by Crippen LogP contribution is -2.53. The van der Waals surface area contributed by atoms with E-state index in [-0.39, 0.29) is 5.97 Å². The van der Waals surface area contributed by atoms with E-state index in [0.29, 0.717) is 18.7 Å². The molecule has 0 saturated heterocycles. The van der Waals surface area contributed by atoms with E-state index in [1.54, 1.807) is 0 Å². The first-order valence-corrected chi connectivity index (χ1v) is 8.42. The number of carbonyl (C=O) groups is 1. The fraction of sp³-hybridized carbons (Fsp3) is 0.941. The van der Waals surface area contributed by atoms with E-state index in [2.05, 4.69) is 31.1 Å². The summed E-state index contributed by atoms with van der Waals surface area (Å²) in [6.07, 6.45) is 5.96. The van der Waals surface area contributed by atoms with Crippen LogP contribution in [0.3, 0.4) is 0 Å². The van der Waals surface area contributed by atoms with Gasteiger partial charge in [0.2, 0.25) is 0 Å². The van der Waals surface area contributed by atoms with Crippen molar-refractivity contribution in [3.8, 4) is 0 Å². The van der Waals surface area contributed by atoms with Crippen molar-refractivity contribution in [1.82, 2.24) is 10.2 Å². The maximum absolute atomic E-state index is 12.2. The largest absolute Gasteiger partial charge is 0.465 e. The molecule has 0 radical (unpaired) electrons. The predicted molar refractivity (Wildman–Crippen MR) is 87.4 cm³/mol. The van der Waals surface area contributed by atoms with Crippen molar-refractivity contribution < 1.29 is 9.53 Å². The van der Waals surface area contributed by atoms with E-state index in [1.807, 2.05) is 20.9 Å². The lowest BCUT2D eigenvalue weighted by atomic mass is 9.85. The van der Waals surface area contributed by atoms with E-state index in [4.69, 9.17) is 4.74 Å². The zero-order chi connectivity index (χ0) is 16.0. The Balaban J connectivity index is 2.60. The molecule has 1 saturated carbocycles. The first kappa shape index (κ1) is 18.4. The van der Waals surface area contributed by atoms with Crippen LogP contribution in [0, 0.1) is 5.92 Å². The van der Waals surface area contributed by atoms with Gasteiger partial charge in [0, 0.05) is 12.1 Å². The Hall–Kier alpha value is -0.610. The second-order valence-electron chi connectivity index (χ2n) is 6.93. The predicted octanol–water partition coefficient (Wildman–Crippen LogP) is 2.82. The topological polar surface area (TPSA) is 41.6 Å². The highest BCUT2D eigenvalue weighted by atomic mass is 16.5. The molecular weight excluding hydrogens is 264 g/mol. The molecule has 21 heavy (non-hydrogen) atoms. The summed E-state index contributed by atoms with van der Waals surface area (Å²) in [4.78, 5) is 14.6. The average Bonchev–Trinajstić information content (AvgIpc) is 2.47. The molecule has 1 N–H and O–H groups in total. The second kappa shape index (κ2) is 8.14. The molecule has 0 aromatic rings. The zero-order valence-electron chi connectivity index (χ0n) is 14.7. The highest BCUT2D eigenvalue weighted by Crippen LogP contribution is 2.29. The van der Waals surface area contributed by atoms with Crippen molar-refractivity contribution in [2.24, 2.45) is 5.92 Å². The lowest BCUT2D eigenvalue weighted by Gasteiger charge is -2.40. The quantitative estimate of drug-likeness (QED) is 0.734. The van der Waals surface area contributed by atoms with Crippen molar-refractivity contribution in [3.63, 3.8) is 0 Å². The monoisotopic (exact) mass is 298 g/mol. The van der Waals surface area contributed by atoms with Crippen LogP contribution in [0.15, 0.2) is 0 Å². The Labute approximate surface area is 130 Å². The normalized spacial score (nSPS) is 27.2. The van der Waals surface area contributed by atoms with Gasteiger partial charge < -0.3 is 15.0 Å². The van der Waals surface area contributed by atoms with Crippen molar-refractivity contribution in [2.75, 3.05) is 20.7 Å². The van der Waals surface area contributed by atoms with Gasteiger partial charge >= 0.3 is 5.97 Å². The molecule has 1 aliphatic carbocycles. The molecule has 0 amide bonds. The number of carbonyl (C=O) groups excluding carboxylic acids is 1. The number of hydrogen-bond acceptors (Lipinski definition) is 4. The number of ether oxygens (including phenoxy) is 1. The van der Waals surface area contributed by atoms with E-state index >= 15 is 0 Å². The molecule has 4 nitrogen and oxygen atoms in total. The molecule has 124 valence electrons. The third kappa shape index (κ3) is 4.96. The van der Waals surface area contributed by atoms with Gasteiger partial charge in [-0.15, -0.1) is 0 Å². The zero-order valence-corrected chi connectivity index (χ0v) is 14.7. The molecule has 2 atom stereocenters. The summed E-state index contributed by atoms with van der Waals surface area (Å²) in [5, 5.41) is 3.16. The Bertz CT molecular complexity index is 327. The number of esters is 1. The van der Waals surface area contributed by atoms with Gasteiger partial charge in [0.15, 0.2) is 0 Å². The summed E-state index contributed by atoms with van der Waals surface area (Å²) >= 11 is 0. The van der Waals surface area contributed by atoms with E-state index in [1.165, 1.54) is 25.7 Å². The number of nitrogens with zero attached hydrogens (tertiary/aromatic N) is 1. The number of rotatable bonds is 7. The summed E-state index contributed by atoms with van der Waals surface area (Å²) in [6, 6.07) is 1.00. The van der Waals surface area contributed by atoms with Crippen LogP contribution in [0.1, 0.15) is 59.8 Å². The van der Waals surface area contributed by atoms with Gasteiger partial charge in [-0.05, 0) is 72.9 Å². The molecule has 0 aliphatic heterocycles. The maximum Gasteiger partial charge on any atom is 0.326 e. The summed E-state index contributed by atoms with van der Waals surface area (Å²) in [7, 11) is 4.04. The fourth-order valence-electron chi connectivity index (χ4n) is 3.32. The van der Waals surface area contributed by atoms with Gasteiger partial charge in [-0.2, -0.15) is 0 Å². The van der Waals surface area contributed by atoms with Crippen molar-refractivity contribution in [1.29, 1.82) is 0 Å². The molecule has 0 spiro atoms. The van der Waals surface area contributed by atoms with Gasteiger partial charge in [0.1, 0.15) is 5.54 Å². The van der Waals surface area contributed by atoms with Gasteiger partial charge in [-0.3, -0.25) is 4.79 Å². The maximum atomic E-state index is 12.2. The van der Waals surface area contributed by atoms with E-state index < -0.39 is 5.54 Å². The number of hydrogen-bond donors (Lipinski definition) is 1. The van der Waals surface area contributed by atoms with Crippen LogP contribution < -0.4 is 5.32 Å². The van der Waals surface area contributed by atoms with Crippen LogP contribution in [0.2, 0.25) is 0 Å². The van der Waals surface area contributed by atoms with Gasteiger partial charge in [-0.1, -0.05) is 6.92 Å². The molecule has 0 bridgehead atoms. The van der Waals surface area contributed by atoms with Crippen molar-refractivity contribution in [2.45, 2.75) is 77.4 Å². The Morgan fingerprint density at radius 3 is 2.43 bits per heavy atom. The molecule has 4 heteroatoms. The molecule has 1 fully saturated rings. The standard InChI is InChI=1S/C17H34N2O2/c1-7-21-16(20)17(4,18-5)12-14(3)19(6)15-10-8-13(2)9-11-15/h13-15,18H,7-12H2,1-6H3. The van der Waals surface area contributed by atoms with E-state index in [0.717, 1.165) is 12.3 Å². The van der Waals surface area contributed by atoms with Crippen LogP contribution in [-0.4, -0.2) is 49.2 Å². The fourth-order valence-corrected chi connectivity index (χ4v) is 3.32. The molecule has 0 aromatic carbocycles. The Morgan fingerprint density at radius 2 is 1.95 bits per heavy atom. The Kier molecular flexibility index (Phi) is 7.14. The SMILES string of the molecule is CCOC(=O)C(C)(CC(C)N(C)C1CCC(C)CC1)NC. The van der Waals surface area contributed by atoms with Gasteiger partial charge in [0.25, 0.3) is 0 Å². The third-order valence-electron chi connectivity index (χ3n) is 5.24.